The molecule has 7 aromatic rings. The zero-order valence-electron chi connectivity index (χ0n) is 24.4. The van der Waals surface area contributed by atoms with Gasteiger partial charge in [0.1, 0.15) is 110 Å². The molecule has 178 valence electrons. The van der Waals surface area contributed by atoms with Gasteiger partial charge in [-0.3, -0.25) is 0 Å². The molecule has 0 atom stereocenters. The Morgan fingerprint density at radius 1 is 0.348 bits per heavy atom. The molecule has 0 spiro atoms. The number of hydrogen-bond donors (Lipinski definition) is 1. The molecule has 7 rings (SSSR count). The van der Waals surface area contributed by atoms with Crippen LogP contribution < -0.4 is 76.5 Å². The lowest BCUT2D eigenvalue weighted by atomic mass is 9.61. The molecule has 0 amide bonds. The topological polar surface area (TPSA) is 20.7 Å². The molecule has 46 heavy (non-hydrogen) atoms. The van der Waals surface area contributed by atoms with Gasteiger partial charge in [-0.05, 0) is 39.4 Å². The first kappa shape index (κ1) is 31.2. The monoisotopic (exact) mass is 548 g/mol. The van der Waals surface area contributed by atoms with E-state index in [0.717, 1.165) is 0 Å². The van der Waals surface area contributed by atoms with Gasteiger partial charge in [-0.15, -0.1) is 21.9 Å². The fraction of sp³-hybridized carbons (Fsp3) is 0. The molecule has 1 N–H and O–H groups in total. The molecule has 5 aromatic carbocycles. The van der Waals surface area contributed by atoms with Crippen molar-refractivity contribution >= 4 is 230 Å². The highest BCUT2D eigenvalue weighted by Gasteiger charge is 2.26. The van der Waals surface area contributed by atoms with Crippen LogP contribution in [0.2, 0.25) is 0 Å². The average molecular weight is 546 g/mol. The second-order valence-corrected chi connectivity index (χ2v) is 11.3. The van der Waals surface area contributed by atoms with E-state index in [1.54, 1.807) is 4.57 Å². The van der Waals surface area contributed by atoms with Crippen molar-refractivity contribution in [3.8, 4) is 16.8 Å². The Kier molecular flexibility index (Phi) is 7.17. The molecule has 0 aliphatic rings. The minimum Gasteiger partial charge on any atom is -0.356 e. The summed E-state index contributed by atoms with van der Waals surface area (Å²) in [5.74, 6) is 0. The maximum absolute atomic E-state index is 7.04. The molecule has 0 fully saturated rings. The van der Waals surface area contributed by atoms with Gasteiger partial charge >= 0.3 is 0 Å². The Morgan fingerprint density at radius 2 is 0.717 bits per heavy atom. The number of nitrogens with zero attached hydrogens (tertiary/aromatic N) is 1. The number of nitrogens with one attached hydrogen (secondary N) is 1. The van der Waals surface area contributed by atoms with E-state index in [4.69, 9.17) is 110 Å². The van der Waals surface area contributed by atoms with Crippen LogP contribution in [0.5, 0.6) is 0 Å². The third-order valence-corrected chi connectivity index (χ3v) is 8.96. The lowest BCUT2D eigenvalue weighted by Crippen LogP contribution is -2.48. The zero-order valence-corrected chi connectivity index (χ0v) is 24.4. The first-order valence-electron chi connectivity index (χ1n) is 13.9. The number of aromatic amines is 1. The summed E-state index contributed by atoms with van der Waals surface area (Å²) in [7, 11) is 92.0. The normalized spacial score (nSPS) is 11.8. The number of fused-ring (bicyclic) bond motifs is 6. The molecule has 2 nitrogen and oxygen atoms in total. The quantitative estimate of drug-likeness (QED) is 0.209. The number of aromatic nitrogens is 2. The van der Waals surface area contributed by atoms with E-state index in [2.05, 4.69) is 4.98 Å². The molecule has 0 saturated heterocycles. The van der Waals surface area contributed by atoms with Crippen LogP contribution in [0.1, 0.15) is 0 Å². The van der Waals surface area contributed by atoms with E-state index in [0.29, 0.717) is 49.3 Å². The Labute approximate surface area is 285 Å². The lowest BCUT2D eigenvalue weighted by Gasteiger charge is -2.24. The van der Waals surface area contributed by atoms with Crippen LogP contribution in [-0.4, -0.2) is 119 Å². The minimum absolute atomic E-state index is 0.0647. The summed E-state index contributed by atoms with van der Waals surface area (Å²) in [4.78, 5) is 3.15. The number of benzene rings is 5. The third kappa shape index (κ3) is 3.85. The van der Waals surface area contributed by atoms with Gasteiger partial charge in [0.2, 0.25) is 0 Å². The van der Waals surface area contributed by atoms with E-state index < -0.39 is 0 Å². The predicted molar refractivity (Wildman–Crippen MR) is 211 cm³/mol. The van der Waals surface area contributed by atoms with Crippen LogP contribution in [0.15, 0.2) is 30.3 Å². The predicted octanol–water partition coefficient (Wildman–Crippen LogP) is -8.80. The number of hydrogen-bond acceptors (Lipinski definition) is 0. The largest absolute Gasteiger partial charge is 0.356 e. The Morgan fingerprint density at radius 3 is 1.28 bits per heavy atom. The van der Waals surface area contributed by atoms with Gasteiger partial charge in [0, 0.05) is 33.1 Å². The fourth-order valence-electron chi connectivity index (χ4n) is 6.61. The number of para-hydroxylation sites is 1. The SMILES string of the molecule is [B]c1c([B])c([B])c2c([nH]c3c([B])c([B])c(-c4c([B])c([B])c5c(c4[B])c4c([B])c([B])c([B])c([B])c4n5-c4ccccc4)c([B])c32)c1[B]. The van der Waals surface area contributed by atoms with Crippen molar-refractivity contribution in [3.63, 3.8) is 0 Å². The fourth-order valence-corrected chi connectivity index (χ4v) is 6.61. The van der Waals surface area contributed by atoms with Crippen LogP contribution in [-0.2, 0) is 0 Å². The molecule has 0 bridgehead atoms. The maximum atomic E-state index is 7.04. The minimum atomic E-state index is 0.0647. The van der Waals surface area contributed by atoms with Gasteiger partial charge in [-0.1, -0.05) is 72.8 Å². The van der Waals surface area contributed by atoms with Crippen molar-refractivity contribution in [2.45, 2.75) is 0 Å². The molecule has 0 aliphatic heterocycles. The molecule has 0 saturated carbocycles. The Balaban J connectivity index is 1.73. The first-order valence-corrected chi connectivity index (χ1v) is 13.9. The van der Waals surface area contributed by atoms with Gasteiger partial charge in [0.25, 0.3) is 0 Å². The third-order valence-electron chi connectivity index (χ3n) is 8.96. The van der Waals surface area contributed by atoms with Crippen molar-refractivity contribution in [1.29, 1.82) is 0 Å². The van der Waals surface area contributed by atoms with E-state index in [-0.39, 0.29) is 87.6 Å². The smallest absolute Gasteiger partial charge is 0.115 e. The lowest BCUT2D eigenvalue weighted by molar-refractivity contribution is 1.19. The summed E-state index contributed by atoms with van der Waals surface area (Å²) in [5.41, 5.74) is 4.37. The standard InChI is InChI=1S/C30H6B14N2/c31-13-7(15(33)23(41)27-9(13)10-17(35)19(37)21(39)24(42)28(10)45-27)8-14(32)11-12-18(36)20(38)22(40)26(44)30(12)46(6-4-2-1-3-5-6)29(11)25(43)16(8)34/h1-5,45H. The van der Waals surface area contributed by atoms with Crippen molar-refractivity contribution in [1.82, 2.24) is 9.55 Å². The molecule has 0 aliphatic carbocycles. The van der Waals surface area contributed by atoms with Gasteiger partial charge in [0.05, 0.1) is 0 Å². The van der Waals surface area contributed by atoms with Crippen LogP contribution >= 0.6 is 0 Å². The highest BCUT2D eigenvalue weighted by molar-refractivity contribution is 6.72. The van der Waals surface area contributed by atoms with Gasteiger partial charge in [0.15, 0.2) is 0 Å². The summed E-state index contributed by atoms with van der Waals surface area (Å²) in [6.45, 7) is 0. The molecule has 2 aromatic heterocycles. The number of rotatable bonds is 2. The van der Waals surface area contributed by atoms with E-state index in [9.17, 15) is 0 Å². The van der Waals surface area contributed by atoms with Gasteiger partial charge < -0.3 is 9.55 Å². The summed E-state index contributed by atoms with van der Waals surface area (Å²) in [6, 6.07) is 9.28. The highest BCUT2D eigenvalue weighted by Crippen LogP contribution is 2.30. The van der Waals surface area contributed by atoms with Crippen LogP contribution in [0, 0.1) is 0 Å². The molecular formula is C30H6B14N2. The van der Waals surface area contributed by atoms with Crippen molar-refractivity contribution in [2.75, 3.05) is 0 Å². The van der Waals surface area contributed by atoms with Crippen molar-refractivity contribution in [3.05, 3.63) is 30.3 Å². The summed E-state index contributed by atoms with van der Waals surface area (Å²) < 4.78 is 1.79. The second kappa shape index (κ2) is 10.6. The Bertz CT molecular complexity index is 2520. The van der Waals surface area contributed by atoms with Crippen molar-refractivity contribution < 1.29 is 0 Å². The van der Waals surface area contributed by atoms with Gasteiger partial charge in [-0.25, -0.2) is 0 Å². The summed E-state index contributed by atoms with van der Waals surface area (Å²) in [6.07, 6.45) is 0. The average Bonchev–Trinajstić information content (AvgIpc) is 3.63. The molecular weight excluding hydrogens is 540 g/mol. The summed E-state index contributed by atoms with van der Waals surface area (Å²) in [5, 5.41) is 1.59. The zero-order chi connectivity index (χ0) is 33.3. The Hall–Kier alpha value is -3.39. The van der Waals surface area contributed by atoms with Crippen LogP contribution in [0.4, 0.5) is 0 Å². The van der Waals surface area contributed by atoms with E-state index in [1.165, 1.54) is 0 Å². The molecule has 0 unspecified atom stereocenters. The highest BCUT2D eigenvalue weighted by atomic mass is 15.0. The van der Waals surface area contributed by atoms with Gasteiger partial charge in [-0.2, -0.15) is 0 Å². The number of H-pyrrole nitrogens is 1. The van der Waals surface area contributed by atoms with E-state index >= 15 is 0 Å². The van der Waals surface area contributed by atoms with E-state index in [1.807, 2.05) is 30.3 Å². The van der Waals surface area contributed by atoms with Crippen molar-refractivity contribution in [2.24, 2.45) is 0 Å². The maximum Gasteiger partial charge on any atom is 0.115 e. The molecule has 28 radical (unpaired) electrons. The van der Waals surface area contributed by atoms with Crippen LogP contribution in [0.3, 0.4) is 0 Å². The second-order valence-electron chi connectivity index (χ2n) is 11.3. The molecule has 16 heteroatoms. The molecule has 2 heterocycles. The summed E-state index contributed by atoms with van der Waals surface area (Å²) >= 11 is 0. The first-order chi connectivity index (χ1) is 21.7. The van der Waals surface area contributed by atoms with Crippen LogP contribution in [0.25, 0.3) is 60.4 Å².